The zero-order chi connectivity index (χ0) is 13.4. The van der Waals surface area contributed by atoms with E-state index in [2.05, 4.69) is 19.2 Å². The maximum atomic E-state index is 10.0. The Morgan fingerprint density at radius 3 is 2.78 bits per heavy atom. The maximum absolute atomic E-state index is 10.0. The molecule has 1 N–H and O–H groups in total. The zero-order valence-corrected chi connectivity index (χ0v) is 11.6. The predicted molar refractivity (Wildman–Crippen MR) is 77.1 cm³/mol. The van der Waals surface area contributed by atoms with Crippen LogP contribution >= 0.6 is 12.6 Å². The number of hydrogen-bond donors (Lipinski definition) is 2. The molecule has 0 aliphatic carbocycles. The van der Waals surface area contributed by atoms with Gasteiger partial charge in [-0.2, -0.15) is 0 Å². The van der Waals surface area contributed by atoms with Gasteiger partial charge in [-0.1, -0.05) is 24.8 Å². The number of hydrogen-bond acceptors (Lipinski definition) is 4. The van der Waals surface area contributed by atoms with Gasteiger partial charge in [0, 0.05) is 24.2 Å². The molecule has 0 amide bonds. The first-order valence-electron chi connectivity index (χ1n) is 5.92. The van der Waals surface area contributed by atoms with Crippen LogP contribution in [0.2, 0.25) is 0 Å². The van der Waals surface area contributed by atoms with Gasteiger partial charge in [-0.15, -0.1) is 12.6 Å². The van der Waals surface area contributed by atoms with Gasteiger partial charge in [0.1, 0.15) is 5.75 Å². The van der Waals surface area contributed by atoms with Crippen molar-refractivity contribution in [2.45, 2.75) is 12.8 Å². The summed E-state index contributed by atoms with van der Waals surface area (Å²) >= 11 is 4.16. The van der Waals surface area contributed by atoms with E-state index in [1.165, 1.54) is 0 Å². The van der Waals surface area contributed by atoms with Crippen molar-refractivity contribution in [3.63, 3.8) is 0 Å². The highest BCUT2D eigenvalue weighted by molar-refractivity contribution is 7.90. The number of aryl methyl sites for hydroxylation is 1. The number of benzene rings is 1. The predicted octanol–water partition coefficient (Wildman–Crippen LogP) is 2.89. The average molecular weight is 268 g/mol. The molecule has 0 bridgehead atoms. The molecular formula is C14H20O3S. The molecule has 1 rings (SSSR count). The molecule has 0 aliphatic heterocycles. The van der Waals surface area contributed by atoms with Crippen LogP contribution in [0.15, 0.2) is 24.8 Å². The number of aromatic hydroxyl groups is 1. The normalized spacial score (nSPS) is 10.6. The molecule has 4 heteroatoms. The summed E-state index contributed by atoms with van der Waals surface area (Å²) in [4.78, 5) is 0.575. The number of ether oxygens (including phenoxy) is 2. The number of phenolic OH excluding ortho intramolecular Hbond substituents is 1. The summed E-state index contributed by atoms with van der Waals surface area (Å²) in [6.07, 6.45) is 1.63. The lowest BCUT2D eigenvalue weighted by atomic mass is 10.0. The molecule has 0 saturated carbocycles. The molecule has 0 saturated heterocycles. The zero-order valence-electron chi connectivity index (χ0n) is 10.7. The molecule has 1 aromatic rings. The number of thiol groups is 1. The van der Waals surface area contributed by atoms with Crippen LogP contribution < -0.4 is 0 Å². The third-order valence-electron chi connectivity index (χ3n) is 2.60. The van der Waals surface area contributed by atoms with Crippen LogP contribution in [0, 0.1) is 0 Å². The summed E-state index contributed by atoms with van der Waals surface area (Å²) in [5.41, 5.74) is 1.59. The monoisotopic (exact) mass is 268 g/mol. The molecule has 0 atom stereocenters. The van der Waals surface area contributed by atoms with Gasteiger partial charge in [0.05, 0.1) is 13.2 Å². The highest BCUT2D eigenvalue weighted by Crippen LogP contribution is 2.30. The van der Waals surface area contributed by atoms with Crippen molar-refractivity contribution in [3.05, 3.63) is 35.9 Å². The molecule has 18 heavy (non-hydrogen) atoms. The standard InChI is InChI=1S/C14H20O3S/c1-11(18)13-7-3-5-12(14(13)15)6-4-8-17-10-9-16-2/h3,5,7,15,18H,1,4,6,8-10H2,2H3. The average Bonchev–Trinajstić information content (AvgIpc) is 2.35. The van der Waals surface area contributed by atoms with Crippen molar-refractivity contribution in [2.75, 3.05) is 26.9 Å². The fourth-order valence-electron chi connectivity index (χ4n) is 1.63. The van der Waals surface area contributed by atoms with Gasteiger partial charge in [0.2, 0.25) is 0 Å². The Hall–Kier alpha value is -0.970. The van der Waals surface area contributed by atoms with E-state index in [0.717, 1.165) is 18.4 Å². The van der Waals surface area contributed by atoms with E-state index in [9.17, 15) is 5.11 Å². The molecule has 0 heterocycles. The first-order chi connectivity index (χ1) is 8.66. The topological polar surface area (TPSA) is 38.7 Å². The molecule has 0 fully saturated rings. The molecule has 0 aliphatic rings. The molecular weight excluding hydrogens is 248 g/mol. The molecule has 0 unspecified atom stereocenters. The first kappa shape index (κ1) is 15.1. The third-order valence-corrected chi connectivity index (χ3v) is 2.84. The van der Waals surface area contributed by atoms with E-state index in [1.807, 2.05) is 18.2 Å². The van der Waals surface area contributed by atoms with E-state index in [4.69, 9.17) is 9.47 Å². The molecule has 0 radical (unpaired) electrons. The lowest BCUT2D eigenvalue weighted by Crippen LogP contribution is -2.04. The van der Waals surface area contributed by atoms with Crippen LogP contribution in [0.25, 0.3) is 4.91 Å². The molecule has 1 aromatic carbocycles. The highest BCUT2D eigenvalue weighted by atomic mass is 32.1. The van der Waals surface area contributed by atoms with Gasteiger partial charge in [-0.25, -0.2) is 0 Å². The Morgan fingerprint density at radius 2 is 2.11 bits per heavy atom. The summed E-state index contributed by atoms with van der Waals surface area (Å²) in [6.45, 7) is 5.60. The fourth-order valence-corrected chi connectivity index (χ4v) is 1.82. The van der Waals surface area contributed by atoms with Crippen LogP contribution in [0.3, 0.4) is 0 Å². The van der Waals surface area contributed by atoms with Crippen LogP contribution in [0.1, 0.15) is 17.5 Å². The minimum atomic E-state index is 0.273. The Morgan fingerprint density at radius 1 is 1.33 bits per heavy atom. The Balaban J connectivity index is 2.43. The second-order valence-corrected chi connectivity index (χ2v) is 4.51. The maximum Gasteiger partial charge on any atom is 0.127 e. The van der Waals surface area contributed by atoms with Gasteiger partial charge in [0.25, 0.3) is 0 Å². The van der Waals surface area contributed by atoms with E-state index in [1.54, 1.807) is 7.11 Å². The van der Waals surface area contributed by atoms with Crippen molar-refractivity contribution in [3.8, 4) is 5.75 Å². The molecule has 0 aromatic heterocycles. The number of methoxy groups -OCH3 is 1. The van der Waals surface area contributed by atoms with E-state index < -0.39 is 0 Å². The minimum Gasteiger partial charge on any atom is -0.507 e. The number of phenols is 1. The summed E-state index contributed by atoms with van der Waals surface area (Å²) in [7, 11) is 1.65. The Bertz CT molecular complexity index is 391. The van der Waals surface area contributed by atoms with Crippen molar-refractivity contribution < 1.29 is 14.6 Å². The van der Waals surface area contributed by atoms with Crippen LogP contribution in [0.5, 0.6) is 5.75 Å². The van der Waals surface area contributed by atoms with E-state index in [0.29, 0.717) is 30.3 Å². The molecule has 3 nitrogen and oxygen atoms in total. The van der Waals surface area contributed by atoms with Crippen molar-refractivity contribution in [1.29, 1.82) is 0 Å². The van der Waals surface area contributed by atoms with E-state index in [-0.39, 0.29) is 5.75 Å². The fraction of sp³-hybridized carbons (Fsp3) is 0.429. The van der Waals surface area contributed by atoms with E-state index >= 15 is 0 Å². The van der Waals surface area contributed by atoms with Crippen LogP contribution in [0.4, 0.5) is 0 Å². The van der Waals surface area contributed by atoms with Gasteiger partial charge in [-0.3, -0.25) is 0 Å². The van der Waals surface area contributed by atoms with Crippen LogP contribution in [-0.4, -0.2) is 32.0 Å². The van der Waals surface area contributed by atoms with Gasteiger partial charge >= 0.3 is 0 Å². The molecule has 0 spiro atoms. The summed E-state index contributed by atoms with van der Waals surface area (Å²) in [6, 6.07) is 5.62. The lowest BCUT2D eigenvalue weighted by Gasteiger charge is -2.09. The largest absolute Gasteiger partial charge is 0.507 e. The Labute approximate surface area is 114 Å². The van der Waals surface area contributed by atoms with Crippen molar-refractivity contribution in [1.82, 2.24) is 0 Å². The van der Waals surface area contributed by atoms with Gasteiger partial charge in [0.15, 0.2) is 0 Å². The second kappa shape index (κ2) is 8.19. The van der Waals surface area contributed by atoms with Gasteiger partial charge < -0.3 is 14.6 Å². The number of rotatable bonds is 8. The minimum absolute atomic E-state index is 0.273. The lowest BCUT2D eigenvalue weighted by molar-refractivity contribution is 0.0695. The number of para-hydroxylation sites is 1. The highest BCUT2D eigenvalue weighted by Gasteiger charge is 2.07. The Kier molecular flexibility index (Phi) is 6.86. The SMILES string of the molecule is C=C(S)c1cccc(CCCOCCOC)c1O. The summed E-state index contributed by atoms with van der Waals surface area (Å²) < 4.78 is 10.3. The van der Waals surface area contributed by atoms with Crippen molar-refractivity contribution in [2.24, 2.45) is 0 Å². The van der Waals surface area contributed by atoms with Gasteiger partial charge in [-0.05, 0) is 18.4 Å². The van der Waals surface area contributed by atoms with Crippen molar-refractivity contribution >= 4 is 17.5 Å². The molecule has 100 valence electrons. The summed E-state index contributed by atoms with van der Waals surface area (Å²) in [5, 5.41) is 10.0. The smallest absolute Gasteiger partial charge is 0.127 e. The second-order valence-electron chi connectivity index (χ2n) is 3.97. The third kappa shape index (κ3) is 4.72. The quantitative estimate of drug-likeness (QED) is 0.562. The first-order valence-corrected chi connectivity index (χ1v) is 6.37. The van der Waals surface area contributed by atoms with Crippen LogP contribution in [-0.2, 0) is 15.9 Å². The summed E-state index contributed by atoms with van der Waals surface area (Å²) in [5.74, 6) is 0.273.